The van der Waals surface area contributed by atoms with Crippen LogP contribution in [0.5, 0.6) is 0 Å². The maximum absolute atomic E-state index is 4.28. The number of nitrogens with zero attached hydrogens (tertiary/aromatic N) is 3. The van der Waals surface area contributed by atoms with Crippen molar-refractivity contribution in [3.8, 4) is 0 Å². The molecule has 3 nitrogen and oxygen atoms in total. The fourth-order valence-corrected chi connectivity index (χ4v) is 3.63. The monoisotopic (exact) mass is 429 g/mol. The Morgan fingerprint density at radius 3 is 1.85 bits per heavy atom. The van der Waals surface area contributed by atoms with Crippen molar-refractivity contribution in [1.82, 2.24) is 15.0 Å². The number of aromatic nitrogens is 3. The van der Waals surface area contributed by atoms with Gasteiger partial charge in [-0.3, -0.25) is 15.0 Å². The number of aryl methyl sites for hydroxylation is 3. The molecule has 0 amide bonds. The smallest absolute Gasteiger partial charge is 0.0731 e. The van der Waals surface area contributed by atoms with E-state index in [1.54, 1.807) is 0 Å². The molecule has 0 radical (unpaired) electrons. The van der Waals surface area contributed by atoms with Crippen molar-refractivity contribution in [3.63, 3.8) is 0 Å². The molecule has 6 aromatic rings. The van der Waals surface area contributed by atoms with Crippen LogP contribution in [0.25, 0.3) is 32.7 Å². The van der Waals surface area contributed by atoms with E-state index in [1.165, 1.54) is 32.8 Å². The number of para-hydroxylation sites is 1. The normalized spacial score (nSPS) is 10.3. The first-order chi connectivity index (χ1) is 16.1. The molecule has 0 aliphatic rings. The Labute approximate surface area is 194 Å². The average molecular weight is 430 g/mol. The molecule has 162 valence electrons. The molecule has 3 aromatic heterocycles. The second-order valence-electron chi connectivity index (χ2n) is 8.05. The summed E-state index contributed by atoms with van der Waals surface area (Å²) >= 11 is 0. The summed E-state index contributed by atoms with van der Waals surface area (Å²) in [5.74, 6) is 0. The van der Waals surface area contributed by atoms with Gasteiger partial charge in [0.05, 0.1) is 16.6 Å². The van der Waals surface area contributed by atoms with Gasteiger partial charge in [0.2, 0.25) is 0 Å². The van der Waals surface area contributed by atoms with Gasteiger partial charge in [0.15, 0.2) is 0 Å². The molecule has 6 rings (SSSR count). The van der Waals surface area contributed by atoms with Crippen LogP contribution in [0.4, 0.5) is 0 Å². The van der Waals surface area contributed by atoms with Crippen molar-refractivity contribution in [2.45, 2.75) is 20.8 Å². The fraction of sp³-hybridized carbons (Fsp3) is 0.100. The van der Waals surface area contributed by atoms with Crippen LogP contribution in [0.2, 0.25) is 0 Å². The molecule has 3 aromatic carbocycles. The largest absolute Gasteiger partial charge is 0.256 e. The summed E-state index contributed by atoms with van der Waals surface area (Å²) in [5, 5.41) is 3.64. The second-order valence-corrected chi connectivity index (χ2v) is 8.05. The molecular formula is C30H27N3. The molecule has 0 N–H and O–H groups in total. The first kappa shape index (κ1) is 22.1. The van der Waals surface area contributed by atoms with Gasteiger partial charge in [0, 0.05) is 34.7 Å². The van der Waals surface area contributed by atoms with E-state index in [0.29, 0.717) is 0 Å². The molecule has 0 atom stereocenters. The SMILES string of the molecule is Cc1ccc2cccnc2c1.Cc1ccc2ncccc2c1.Cc1cccc2cccnc12. The zero-order chi connectivity index (χ0) is 23.0. The van der Waals surface area contributed by atoms with Crippen molar-refractivity contribution >= 4 is 32.7 Å². The van der Waals surface area contributed by atoms with Crippen LogP contribution in [0.3, 0.4) is 0 Å². The third-order valence-corrected chi connectivity index (χ3v) is 5.35. The number of hydrogen-bond donors (Lipinski definition) is 0. The molecule has 0 spiro atoms. The third-order valence-electron chi connectivity index (χ3n) is 5.35. The minimum absolute atomic E-state index is 1.07. The second kappa shape index (κ2) is 10.5. The molecule has 3 heterocycles. The summed E-state index contributed by atoms with van der Waals surface area (Å²) in [6.07, 6.45) is 5.47. The Hall–Kier alpha value is -4.11. The standard InChI is InChI=1S/3C10H9N/c1-8-4-2-5-9-6-3-7-11-10(8)9;1-8-4-5-10-9(7-8)3-2-6-11-10;1-8-4-5-9-3-2-6-11-10(9)7-8/h3*2-7H,1H3. The van der Waals surface area contributed by atoms with Gasteiger partial charge in [0.1, 0.15) is 0 Å². The van der Waals surface area contributed by atoms with E-state index in [0.717, 1.165) is 16.6 Å². The maximum Gasteiger partial charge on any atom is 0.0731 e. The Morgan fingerprint density at radius 1 is 0.455 bits per heavy atom. The summed E-state index contributed by atoms with van der Waals surface area (Å²) in [5.41, 5.74) is 7.03. The van der Waals surface area contributed by atoms with Crippen LogP contribution in [0.15, 0.2) is 110 Å². The summed E-state index contributed by atoms with van der Waals surface area (Å²) in [7, 11) is 0. The van der Waals surface area contributed by atoms with Gasteiger partial charge >= 0.3 is 0 Å². The Bertz CT molecular complexity index is 1410. The van der Waals surface area contributed by atoms with Gasteiger partial charge in [-0.2, -0.15) is 0 Å². The molecule has 0 fully saturated rings. The third kappa shape index (κ3) is 5.78. The molecule has 0 aliphatic carbocycles. The van der Waals surface area contributed by atoms with Gasteiger partial charge in [0.25, 0.3) is 0 Å². The van der Waals surface area contributed by atoms with E-state index in [1.807, 2.05) is 42.9 Å². The Morgan fingerprint density at radius 2 is 1.06 bits per heavy atom. The van der Waals surface area contributed by atoms with E-state index in [4.69, 9.17) is 0 Å². The van der Waals surface area contributed by atoms with Crippen molar-refractivity contribution in [3.05, 3.63) is 126 Å². The lowest BCUT2D eigenvalue weighted by atomic mass is 10.1. The number of pyridine rings is 3. The van der Waals surface area contributed by atoms with E-state index >= 15 is 0 Å². The number of benzene rings is 3. The van der Waals surface area contributed by atoms with Gasteiger partial charge < -0.3 is 0 Å². The molecule has 0 bridgehead atoms. The summed E-state index contributed by atoms with van der Waals surface area (Å²) < 4.78 is 0. The highest BCUT2D eigenvalue weighted by molar-refractivity contribution is 5.81. The molecule has 0 unspecified atom stereocenters. The average Bonchev–Trinajstić information content (AvgIpc) is 2.85. The lowest BCUT2D eigenvalue weighted by Gasteiger charge is -1.97. The van der Waals surface area contributed by atoms with Crippen LogP contribution in [-0.4, -0.2) is 15.0 Å². The predicted octanol–water partition coefficient (Wildman–Crippen LogP) is 7.63. The molecular weight excluding hydrogens is 402 g/mol. The van der Waals surface area contributed by atoms with Crippen LogP contribution in [-0.2, 0) is 0 Å². The maximum atomic E-state index is 4.28. The van der Waals surface area contributed by atoms with Crippen LogP contribution >= 0.6 is 0 Å². The lowest BCUT2D eigenvalue weighted by Crippen LogP contribution is -1.80. The Balaban J connectivity index is 0.000000118. The van der Waals surface area contributed by atoms with Gasteiger partial charge in [-0.25, -0.2) is 0 Å². The van der Waals surface area contributed by atoms with Crippen molar-refractivity contribution < 1.29 is 0 Å². The summed E-state index contributed by atoms with van der Waals surface area (Å²) in [4.78, 5) is 12.7. The van der Waals surface area contributed by atoms with Gasteiger partial charge in [-0.1, -0.05) is 60.2 Å². The number of hydrogen-bond acceptors (Lipinski definition) is 3. The van der Waals surface area contributed by atoms with Gasteiger partial charge in [-0.15, -0.1) is 0 Å². The van der Waals surface area contributed by atoms with E-state index < -0.39 is 0 Å². The molecule has 0 aliphatic heterocycles. The van der Waals surface area contributed by atoms with Crippen molar-refractivity contribution in [1.29, 1.82) is 0 Å². The van der Waals surface area contributed by atoms with E-state index in [-0.39, 0.29) is 0 Å². The number of rotatable bonds is 0. The molecule has 3 heteroatoms. The minimum atomic E-state index is 1.07. The zero-order valence-corrected chi connectivity index (χ0v) is 19.2. The predicted molar refractivity (Wildman–Crippen MR) is 139 cm³/mol. The van der Waals surface area contributed by atoms with E-state index in [9.17, 15) is 0 Å². The summed E-state index contributed by atoms with van der Waals surface area (Å²) in [6.45, 7) is 6.25. The fourth-order valence-electron chi connectivity index (χ4n) is 3.63. The minimum Gasteiger partial charge on any atom is -0.256 e. The topological polar surface area (TPSA) is 38.7 Å². The van der Waals surface area contributed by atoms with Crippen LogP contribution in [0.1, 0.15) is 16.7 Å². The molecule has 0 saturated carbocycles. The number of fused-ring (bicyclic) bond motifs is 3. The Kier molecular flexibility index (Phi) is 7.01. The summed E-state index contributed by atoms with van der Waals surface area (Å²) in [6, 6.07) is 30.9. The zero-order valence-electron chi connectivity index (χ0n) is 19.2. The molecule has 0 saturated heterocycles. The van der Waals surface area contributed by atoms with Crippen LogP contribution in [0, 0.1) is 20.8 Å². The quantitative estimate of drug-likeness (QED) is 0.249. The van der Waals surface area contributed by atoms with Crippen molar-refractivity contribution in [2.24, 2.45) is 0 Å². The lowest BCUT2D eigenvalue weighted by molar-refractivity contribution is 1.37. The first-order valence-electron chi connectivity index (χ1n) is 11.0. The van der Waals surface area contributed by atoms with Gasteiger partial charge in [-0.05, 0) is 68.3 Å². The first-order valence-corrected chi connectivity index (χ1v) is 11.0. The molecule has 33 heavy (non-hydrogen) atoms. The van der Waals surface area contributed by atoms with E-state index in [2.05, 4.69) is 102 Å². The highest BCUT2D eigenvalue weighted by atomic mass is 14.7. The highest BCUT2D eigenvalue weighted by Crippen LogP contribution is 2.14. The highest BCUT2D eigenvalue weighted by Gasteiger charge is 1.94. The van der Waals surface area contributed by atoms with Crippen LogP contribution < -0.4 is 0 Å². The van der Waals surface area contributed by atoms with Crippen molar-refractivity contribution in [2.75, 3.05) is 0 Å².